The molecule has 20 heavy (non-hydrogen) atoms. The molecule has 0 aliphatic heterocycles. The smallest absolute Gasteiger partial charge is 0.107 e. The number of aryl methyl sites for hydroxylation is 2. The fraction of sp³-hybridized carbons (Fsp3) is 0.286. The lowest BCUT2D eigenvalue weighted by molar-refractivity contribution is 0.756. The minimum atomic E-state index is 0.417. The van der Waals surface area contributed by atoms with Gasteiger partial charge >= 0.3 is 0 Å². The van der Waals surface area contributed by atoms with E-state index in [9.17, 15) is 0 Å². The molecule has 0 radical (unpaired) electrons. The van der Waals surface area contributed by atoms with Gasteiger partial charge in [-0.05, 0) is 25.3 Å². The maximum absolute atomic E-state index is 5.86. The van der Waals surface area contributed by atoms with E-state index in [1.165, 1.54) is 0 Å². The molecule has 0 saturated carbocycles. The first kappa shape index (κ1) is 14.9. The molecule has 106 valence electrons. The maximum Gasteiger partial charge on any atom is 0.107 e. The van der Waals surface area contributed by atoms with Crippen LogP contribution in [0.1, 0.15) is 16.8 Å². The van der Waals surface area contributed by atoms with Gasteiger partial charge in [0.15, 0.2) is 0 Å². The van der Waals surface area contributed by atoms with Crippen LogP contribution in [0.3, 0.4) is 0 Å². The molecule has 6 heteroatoms. The summed E-state index contributed by atoms with van der Waals surface area (Å²) >= 11 is 6.82. The molecule has 0 saturated heterocycles. The molecule has 1 heterocycles. The Morgan fingerprint density at radius 3 is 2.80 bits per heavy atom. The third-order valence-corrected chi connectivity index (χ3v) is 4.06. The Morgan fingerprint density at radius 2 is 2.25 bits per heavy atom. The number of nitrogens with one attached hydrogen (secondary N) is 1. The number of hydrogen-bond acceptors (Lipinski definition) is 4. The third-order valence-electron chi connectivity index (χ3n) is 3.08. The molecular formula is C14H18N4S2. The number of thioether (sulfide) groups is 1. The van der Waals surface area contributed by atoms with E-state index in [0.717, 1.165) is 27.4 Å². The number of nitrogens with zero attached hydrogens (tertiary/aromatic N) is 2. The molecular weight excluding hydrogens is 288 g/mol. The van der Waals surface area contributed by atoms with Crippen LogP contribution in [0.5, 0.6) is 0 Å². The molecule has 1 aromatic carbocycles. The lowest BCUT2D eigenvalue weighted by Crippen LogP contribution is -2.14. The van der Waals surface area contributed by atoms with Gasteiger partial charge in [0.2, 0.25) is 0 Å². The minimum Gasteiger partial charge on any atom is -0.389 e. The number of nitrogens with two attached hydrogens (primary N) is 1. The highest BCUT2D eigenvalue weighted by Crippen LogP contribution is 2.27. The zero-order chi connectivity index (χ0) is 14.7. The van der Waals surface area contributed by atoms with Crippen molar-refractivity contribution in [2.75, 3.05) is 11.6 Å². The second-order valence-corrected chi connectivity index (χ2v) is 5.80. The van der Waals surface area contributed by atoms with Crippen LogP contribution in [0.25, 0.3) is 0 Å². The number of benzene rings is 1. The summed E-state index contributed by atoms with van der Waals surface area (Å²) in [6.07, 6.45) is 4.04. The van der Waals surface area contributed by atoms with Gasteiger partial charge in [0.1, 0.15) is 4.99 Å². The van der Waals surface area contributed by atoms with Crippen LogP contribution in [-0.4, -0.2) is 21.0 Å². The van der Waals surface area contributed by atoms with E-state index in [-0.39, 0.29) is 0 Å². The Labute approximate surface area is 128 Å². The summed E-state index contributed by atoms with van der Waals surface area (Å²) in [7, 11) is 1.92. The van der Waals surface area contributed by atoms with Gasteiger partial charge in [-0.15, -0.1) is 11.8 Å². The second-order valence-electron chi connectivity index (χ2n) is 4.51. The van der Waals surface area contributed by atoms with Crippen LogP contribution in [0.2, 0.25) is 0 Å². The van der Waals surface area contributed by atoms with Crippen molar-refractivity contribution in [3.63, 3.8) is 0 Å². The number of rotatable bonds is 5. The lowest BCUT2D eigenvalue weighted by atomic mass is 10.1. The fourth-order valence-corrected chi connectivity index (χ4v) is 3.04. The Kier molecular flexibility index (Phi) is 4.67. The normalized spacial score (nSPS) is 10.6. The van der Waals surface area contributed by atoms with Crippen LogP contribution in [0, 0.1) is 6.92 Å². The Balaban J connectivity index is 2.25. The Hall–Kier alpha value is -1.53. The van der Waals surface area contributed by atoms with E-state index in [1.807, 2.05) is 49.3 Å². The topological polar surface area (TPSA) is 55.9 Å². The Bertz CT molecular complexity index is 634. The first-order valence-electron chi connectivity index (χ1n) is 6.22. The van der Waals surface area contributed by atoms with Crippen LogP contribution in [-0.2, 0) is 13.6 Å². The molecule has 0 fully saturated rings. The molecule has 0 aliphatic carbocycles. The Morgan fingerprint density at radius 1 is 1.50 bits per heavy atom. The van der Waals surface area contributed by atoms with Gasteiger partial charge in [-0.25, -0.2) is 0 Å². The van der Waals surface area contributed by atoms with Crippen molar-refractivity contribution in [3.05, 3.63) is 41.2 Å². The average molecular weight is 306 g/mol. The van der Waals surface area contributed by atoms with E-state index in [4.69, 9.17) is 18.0 Å². The predicted molar refractivity (Wildman–Crippen MR) is 89.4 cm³/mol. The van der Waals surface area contributed by atoms with Crippen molar-refractivity contribution in [1.82, 2.24) is 9.78 Å². The summed E-state index contributed by atoms with van der Waals surface area (Å²) in [4.78, 5) is 1.51. The van der Waals surface area contributed by atoms with Gasteiger partial charge in [0.25, 0.3) is 0 Å². The summed E-state index contributed by atoms with van der Waals surface area (Å²) in [5, 5.41) is 7.74. The van der Waals surface area contributed by atoms with E-state index < -0.39 is 0 Å². The summed E-state index contributed by atoms with van der Waals surface area (Å²) in [6.45, 7) is 2.71. The molecule has 3 N–H and O–H groups in total. The van der Waals surface area contributed by atoms with E-state index in [0.29, 0.717) is 11.5 Å². The van der Waals surface area contributed by atoms with Gasteiger partial charge in [-0.2, -0.15) is 5.10 Å². The minimum absolute atomic E-state index is 0.417. The highest BCUT2D eigenvalue weighted by atomic mass is 32.2. The quantitative estimate of drug-likeness (QED) is 0.657. The van der Waals surface area contributed by atoms with Crippen molar-refractivity contribution < 1.29 is 0 Å². The maximum atomic E-state index is 5.86. The molecule has 0 amide bonds. The van der Waals surface area contributed by atoms with E-state index in [1.54, 1.807) is 11.8 Å². The van der Waals surface area contributed by atoms with Crippen LogP contribution in [0.4, 0.5) is 5.69 Å². The van der Waals surface area contributed by atoms with Gasteiger partial charge in [0.05, 0.1) is 5.69 Å². The monoisotopic (exact) mass is 306 g/mol. The van der Waals surface area contributed by atoms with E-state index in [2.05, 4.69) is 10.4 Å². The van der Waals surface area contributed by atoms with Gasteiger partial charge in [-0.1, -0.05) is 18.3 Å². The highest BCUT2D eigenvalue weighted by Gasteiger charge is 2.11. The van der Waals surface area contributed by atoms with E-state index >= 15 is 0 Å². The molecule has 0 aliphatic rings. The van der Waals surface area contributed by atoms with Crippen LogP contribution in [0.15, 0.2) is 29.3 Å². The van der Waals surface area contributed by atoms with Crippen LogP contribution >= 0.6 is 24.0 Å². The summed E-state index contributed by atoms with van der Waals surface area (Å²) in [6, 6.07) is 6.03. The van der Waals surface area contributed by atoms with Crippen molar-refractivity contribution in [1.29, 1.82) is 0 Å². The summed E-state index contributed by atoms with van der Waals surface area (Å²) < 4.78 is 1.82. The SMILES string of the molecule is CSc1cccc(NCc2cn(C)nc2C)c1C(N)=S. The van der Waals surface area contributed by atoms with Gasteiger partial charge in [0, 0.05) is 41.5 Å². The molecule has 2 rings (SSSR count). The molecule has 1 aromatic heterocycles. The van der Waals surface area contributed by atoms with Crippen molar-refractivity contribution in [2.45, 2.75) is 18.4 Å². The lowest BCUT2D eigenvalue weighted by Gasteiger charge is -2.14. The molecule has 2 aromatic rings. The number of aromatic nitrogens is 2. The number of hydrogen-bond donors (Lipinski definition) is 2. The second kappa shape index (κ2) is 6.28. The van der Waals surface area contributed by atoms with Gasteiger partial charge < -0.3 is 11.1 Å². The summed E-state index contributed by atoms with van der Waals surface area (Å²) in [5.74, 6) is 0. The molecule has 0 bridgehead atoms. The molecule has 0 atom stereocenters. The largest absolute Gasteiger partial charge is 0.389 e. The van der Waals surface area contributed by atoms with Gasteiger partial charge in [-0.3, -0.25) is 4.68 Å². The highest BCUT2D eigenvalue weighted by molar-refractivity contribution is 7.98. The van der Waals surface area contributed by atoms with Crippen LogP contribution < -0.4 is 11.1 Å². The molecule has 4 nitrogen and oxygen atoms in total. The van der Waals surface area contributed by atoms with Crippen molar-refractivity contribution in [2.24, 2.45) is 12.8 Å². The zero-order valence-corrected chi connectivity index (χ0v) is 13.4. The first-order chi connectivity index (χ1) is 9.52. The number of thiocarbonyl (C=S) groups is 1. The number of anilines is 1. The van der Waals surface area contributed by atoms with Crippen molar-refractivity contribution >= 4 is 34.7 Å². The molecule has 0 spiro atoms. The third kappa shape index (κ3) is 3.13. The fourth-order valence-electron chi connectivity index (χ4n) is 2.12. The summed E-state index contributed by atoms with van der Waals surface area (Å²) in [5.41, 5.74) is 9.92. The predicted octanol–water partition coefficient (Wildman–Crippen LogP) is 2.70. The zero-order valence-electron chi connectivity index (χ0n) is 11.8. The average Bonchev–Trinajstić information content (AvgIpc) is 2.73. The first-order valence-corrected chi connectivity index (χ1v) is 7.86. The standard InChI is InChI=1S/C14H18N4S2/c1-9-10(8-18(2)17-9)7-16-11-5-4-6-12(20-3)13(11)14(15)19/h4-6,8,16H,7H2,1-3H3,(H2,15,19). The van der Waals surface area contributed by atoms with Crippen molar-refractivity contribution in [3.8, 4) is 0 Å². The molecule has 0 unspecified atom stereocenters.